The molecule has 0 saturated carbocycles. The van der Waals surface area contributed by atoms with Crippen molar-refractivity contribution >= 4 is 0 Å². The number of aliphatic hydroxyl groups excluding tert-OH is 1. The van der Waals surface area contributed by atoms with Crippen LogP contribution in [0.4, 0.5) is 0 Å². The Morgan fingerprint density at radius 2 is 1.86 bits per heavy atom. The maximum absolute atomic E-state index is 10.3. The van der Waals surface area contributed by atoms with Gasteiger partial charge in [0.2, 0.25) is 0 Å². The van der Waals surface area contributed by atoms with E-state index in [1.165, 1.54) is 21.7 Å². The molecule has 2 rings (SSSR count). The van der Waals surface area contributed by atoms with Crippen LogP contribution < -0.4 is 4.90 Å². The minimum atomic E-state index is -0.231. The van der Waals surface area contributed by atoms with E-state index < -0.39 is 0 Å². The van der Waals surface area contributed by atoms with Crippen LogP contribution in [0.1, 0.15) is 63.8 Å². The van der Waals surface area contributed by atoms with E-state index in [4.69, 9.17) is 4.74 Å². The molecular formula is C25H41N2O2+. The number of aliphatic hydroxyl groups is 1. The van der Waals surface area contributed by atoms with E-state index in [0.717, 1.165) is 52.0 Å². The first-order chi connectivity index (χ1) is 13.8. The SMILES string of the molecule is CCC[C@@H](O)C[NH+](CCCOC)Cc1cccn1Cc1ccc(C(C)(C)C)cc1. The van der Waals surface area contributed by atoms with Crippen molar-refractivity contribution < 1.29 is 14.7 Å². The fourth-order valence-electron chi connectivity index (χ4n) is 3.82. The molecule has 0 aliphatic heterocycles. The van der Waals surface area contributed by atoms with Crippen LogP contribution in [-0.2, 0) is 23.2 Å². The van der Waals surface area contributed by atoms with Crippen molar-refractivity contribution in [3.63, 3.8) is 0 Å². The van der Waals surface area contributed by atoms with Crippen LogP contribution in [0.2, 0.25) is 0 Å². The van der Waals surface area contributed by atoms with Gasteiger partial charge in [0.1, 0.15) is 19.2 Å². The van der Waals surface area contributed by atoms with Crippen LogP contribution in [0.5, 0.6) is 0 Å². The average Bonchev–Trinajstić information content (AvgIpc) is 3.08. The Morgan fingerprint density at radius 1 is 1.14 bits per heavy atom. The van der Waals surface area contributed by atoms with Gasteiger partial charge in [-0.15, -0.1) is 0 Å². The second kappa shape index (κ2) is 11.5. The van der Waals surface area contributed by atoms with Crippen molar-refractivity contribution in [2.75, 3.05) is 26.8 Å². The van der Waals surface area contributed by atoms with Gasteiger partial charge in [0.15, 0.2) is 0 Å². The Bertz CT molecular complexity index is 700. The van der Waals surface area contributed by atoms with Gasteiger partial charge in [-0.05, 0) is 35.1 Å². The molecule has 0 radical (unpaired) electrons. The molecule has 0 aliphatic carbocycles. The molecule has 4 nitrogen and oxygen atoms in total. The molecule has 2 atom stereocenters. The summed E-state index contributed by atoms with van der Waals surface area (Å²) in [5.74, 6) is 0. The van der Waals surface area contributed by atoms with Gasteiger partial charge in [0, 0.05) is 26.3 Å². The summed E-state index contributed by atoms with van der Waals surface area (Å²) in [4.78, 5) is 1.42. The zero-order valence-electron chi connectivity index (χ0n) is 19.1. The van der Waals surface area contributed by atoms with Crippen molar-refractivity contribution in [2.24, 2.45) is 0 Å². The van der Waals surface area contributed by atoms with E-state index in [-0.39, 0.29) is 11.5 Å². The predicted molar refractivity (Wildman–Crippen MR) is 120 cm³/mol. The molecule has 0 aliphatic rings. The second-order valence-electron chi connectivity index (χ2n) is 9.24. The highest BCUT2D eigenvalue weighted by Crippen LogP contribution is 2.22. The minimum Gasteiger partial charge on any atom is -0.387 e. The summed E-state index contributed by atoms with van der Waals surface area (Å²) in [5, 5.41) is 10.3. The monoisotopic (exact) mass is 401 g/mol. The second-order valence-corrected chi connectivity index (χ2v) is 9.24. The maximum atomic E-state index is 10.3. The Balaban J connectivity index is 2.05. The Kier molecular flexibility index (Phi) is 9.41. The summed E-state index contributed by atoms with van der Waals surface area (Å²) < 4.78 is 7.58. The third kappa shape index (κ3) is 7.96. The summed E-state index contributed by atoms with van der Waals surface area (Å²) in [5.41, 5.74) is 4.19. The zero-order chi connectivity index (χ0) is 21.3. The highest BCUT2D eigenvalue weighted by atomic mass is 16.5. The van der Waals surface area contributed by atoms with Crippen molar-refractivity contribution in [3.05, 3.63) is 59.4 Å². The quantitative estimate of drug-likeness (QED) is 0.535. The number of aromatic nitrogens is 1. The number of ether oxygens (including phenoxy) is 1. The number of hydrogen-bond acceptors (Lipinski definition) is 2. The van der Waals surface area contributed by atoms with Crippen LogP contribution >= 0.6 is 0 Å². The Morgan fingerprint density at radius 3 is 2.48 bits per heavy atom. The number of nitrogens with zero attached hydrogens (tertiary/aromatic N) is 1. The summed E-state index contributed by atoms with van der Waals surface area (Å²) >= 11 is 0. The van der Waals surface area contributed by atoms with Gasteiger partial charge in [-0.1, -0.05) is 58.4 Å². The van der Waals surface area contributed by atoms with Crippen LogP contribution in [0, 0.1) is 0 Å². The number of benzene rings is 1. The van der Waals surface area contributed by atoms with Crippen LogP contribution in [0.3, 0.4) is 0 Å². The highest BCUT2D eigenvalue weighted by molar-refractivity contribution is 5.28. The molecule has 162 valence electrons. The molecule has 0 spiro atoms. The van der Waals surface area contributed by atoms with Gasteiger partial charge in [-0.25, -0.2) is 0 Å². The molecule has 0 saturated heterocycles. The molecule has 0 bridgehead atoms. The molecule has 1 heterocycles. The number of rotatable bonds is 12. The minimum absolute atomic E-state index is 0.183. The lowest BCUT2D eigenvalue weighted by molar-refractivity contribution is -0.917. The molecular weight excluding hydrogens is 360 g/mol. The van der Waals surface area contributed by atoms with Crippen molar-refractivity contribution in [3.8, 4) is 0 Å². The Labute approximate surface area is 177 Å². The van der Waals surface area contributed by atoms with Crippen molar-refractivity contribution in [1.82, 2.24) is 4.57 Å². The van der Waals surface area contributed by atoms with E-state index in [2.05, 4.69) is 74.9 Å². The standard InChI is InChI=1S/C25H40N2O2/c1-6-9-24(28)20-26(15-8-17-29-5)19-23-10-7-16-27(23)18-21-11-13-22(14-12-21)25(2,3)4/h7,10-14,16,24,28H,6,8-9,15,17-20H2,1-5H3/p+1/t24-/m1/s1. The van der Waals surface area contributed by atoms with E-state index in [1.807, 2.05) is 0 Å². The summed E-state index contributed by atoms with van der Waals surface area (Å²) in [6, 6.07) is 13.3. The number of nitrogens with one attached hydrogen (secondary N) is 1. The first-order valence-electron chi connectivity index (χ1n) is 11.1. The van der Waals surface area contributed by atoms with Crippen LogP contribution in [-0.4, -0.2) is 42.6 Å². The lowest BCUT2D eigenvalue weighted by Gasteiger charge is -2.23. The van der Waals surface area contributed by atoms with Crippen LogP contribution in [0.15, 0.2) is 42.6 Å². The van der Waals surface area contributed by atoms with Crippen molar-refractivity contribution in [2.45, 2.75) is 71.6 Å². The normalized spacial score (nSPS) is 14.1. The molecule has 0 amide bonds. The smallest absolute Gasteiger partial charge is 0.118 e. The third-order valence-corrected chi connectivity index (χ3v) is 5.55. The van der Waals surface area contributed by atoms with Crippen LogP contribution in [0.25, 0.3) is 0 Å². The van der Waals surface area contributed by atoms with E-state index in [1.54, 1.807) is 7.11 Å². The van der Waals surface area contributed by atoms with E-state index >= 15 is 0 Å². The highest BCUT2D eigenvalue weighted by Gasteiger charge is 2.17. The molecule has 1 aromatic carbocycles. The largest absolute Gasteiger partial charge is 0.387 e. The fourth-order valence-corrected chi connectivity index (χ4v) is 3.82. The number of hydrogen-bond donors (Lipinski definition) is 2. The predicted octanol–water partition coefficient (Wildman–Crippen LogP) is 3.42. The van der Waals surface area contributed by atoms with E-state index in [9.17, 15) is 5.11 Å². The molecule has 2 aromatic rings. The lowest BCUT2D eigenvalue weighted by Crippen LogP contribution is -3.12. The lowest BCUT2D eigenvalue weighted by atomic mass is 9.87. The summed E-state index contributed by atoms with van der Waals surface area (Å²) in [6.45, 7) is 13.3. The topological polar surface area (TPSA) is 38.8 Å². The number of methoxy groups -OCH3 is 1. The van der Waals surface area contributed by atoms with E-state index in [0.29, 0.717) is 0 Å². The van der Waals surface area contributed by atoms with Gasteiger partial charge >= 0.3 is 0 Å². The molecule has 1 aromatic heterocycles. The van der Waals surface area contributed by atoms with Gasteiger partial charge in [-0.2, -0.15) is 0 Å². The van der Waals surface area contributed by atoms with Gasteiger partial charge in [-0.3, -0.25) is 0 Å². The maximum Gasteiger partial charge on any atom is 0.118 e. The Hall–Kier alpha value is -1.62. The zero-order valence-corrected chi connectivity index (χ0v) is 19.1. The first kappa shape index (κ1) is 23.7. The molecule has 2 N–H and O–H groups in total. The van der Waals surface area contributed by atoms with Gasteiger partial charge in [0.05, 0.1) is 18.8 Å². The molecule has 1 unspecified atom stereocenters. The van der Waals surface area contributed by atoms with Gasteiger partial charge < -0.3 is 19.3 Å². The average molecular weight is 402 g/mol. The third-order valence-electron chi connectivity index (χ3n) is 5.55. The van der Waals surface area contributed by atoms with Gasteiger partial charge in [0.25, 0.3) is 0 Å². The fraction of sp³-hybridized carbons (Fsp3) is 0.600. The molecule has 4 heteroatoms. The first-order valence-corrected chi connectivity index (χ1v) is 11.1. The summed E-state index contributed by atoms with van der Waals surface area (Å²) in [6.07, 6.45) is 4.84. The molecule has 29 heavy (non-hydrogen) atoms. The molecule has 0 fully saturated rings. The summed E-state index contributed by atoms with van der Waals surface area (Å²) in [7, 11) is 1.75. The van der Waals surface area contributed by atoms with Crippen molar-refractivity contribution in [1.29, 1.82) is 0 Å². The number of quaternary nitrogens is 1.